The van der Waals surface area contributed by atoms with E-state index in [1.165, 1.54) is 17.2 Å². The van der Waals surface area contributed by atoms with E-state index >= 15 is 0 Å². The first-order valence-electron chi connectivity index (χ1n) is 10.8. The normalized spacial score (nSPS) is 15.2. The predicted octanol–water partition coefficient (Wildman–Crippen LogP) is 3.91. The number of ether oxygens (including phenoxy) is 1. The molecule has 0 spiro atoms. The number of fused-ring (bicyclic) bond motifs is 2. The highest BCUT2D eigenvalue weighted by molar-refractivity contribution is 8.22. The first-order valence-corrected chi connectivity index (χ1v) is 11.7. The van der Waals surface area contributed by atoms with E-state index in [1.807, 2.05) is 44.1 Å². The molecule has 8 heteroatoms. The third kappa shape index (κ3) is 3.99. The summed E-state index contributed by atoms with van der Waals surface area (Å²) in [5, 5.41) is 17.7. The summed E-state index contributed by atoms with van der Waals surface area (Å²) in [4.78, 5) is 8.04. The third-order valence-electron chi connectivity index (χ3n) is 6.14. The van der Waals surface area contributed by atoms with Gasteiger partial charge in [0.15, 0.2) is 0 Å². The molecule has 0 atom stereocenters. The Morgan fingerprint density at radius 1 is 1.24 bits per heavy atom. The first kappa shape index (κ1) is 21.6. The second-order valence-corrected chi connectivity index (χ2v) is 9.21. The van der Waals surface area contributed by atoms with E-state index in [4.69, 9.17) is 9.72 Å². The van der Waals surface area contributed by atoms with Crippen LogP contribution in [0.15, 0.2) is 52.6 Å². The highest BCUT2D eigenvalue weighted by atomic mass is 32.2. The van der Waals surface area contributed by atoms with Crippen LogP contribution < -0.4 is 10.1 Å². The molecule has 2 aliphatic heterocycles. The van der Waals surface area contributed by atoms with Crippen LogP contribution in [0.25, 0.3) is 11.1 Å². The second-order valence-electron chi connectivity index (χ2n) is 8.30. The van der Waals surface area contributed by atoms with Crippen molar-refractivity contribution in [2.75, 3.05) is 20.7 Å². The zero-order valence-corrected chi connectivity index (χ0v) is 19.7. The molecule has 0 amide bonds. The molecule has 0 fully saturated rings. The monoisotopic (exact) mass is 452 g/mol. The van der Waals surface area contributed by atoms with Crippen molar-refractivity contribution in [2.45, 2.75) is 24.8 Å². The average molecular weight is 452 g/mol. The van der Waals surface area contributed by atoms with Gasteiger partial charge in [-0.05, 0) is 49.4 Å². The number of rotatable bonds is 3. The quantitative estimate of drug-likeness (QED) is 0.608. The lowest BCUT2D eigenvalue weighted by atomic mass is 9.91. The van der Waals surface area contributed by atoms with E-state index in [-0.39, 0.29) is 0 Å². The highest BCUT2D eigenvalue weighted by Gasteiger charge is 2.23. The SMILES string of the molecule is COc1cccc(C)c1-c1cc2c(cc1C#N)S[B]NN=C2c1cnc2c(c1)CN(C)CC2. The van der Waals surface area contributed by atoms with E-state index < -0.39 is 0 Å². The molecule has 0 bridgehead atoms. The van der Waals surface area contributed by atoms with Gasteiger partial charge in [-0.2, -0.15) is 22.0 Å². The summed E-state index contributed by atoms with van der Waals surface area (Å²) in [6, 6.07) is 14.5. The molecule has 0 saturated carbocycles. The molecule has 6 nitrogen and oxygen atoms in total. The second kappa shape index (κ2) is 8.93. The van der Waals surface area contributed by atoms with E-state index in [0.717, 1.165) is 69.4 Å². The van der Waals surface area contributed by atoms with Crippen LogP contribution in [-0.4, -0.2) is 43.0 Å². The Morgan fingerprint density at radius 3 is 2.94 bits per heavy atom. The van der Waals surface area contributed by atoms with Crippen molar-refractivity contribution < 1.29 is 4.74 Å². The maximum Gasteiger partial charge on any atom is 0.347 e. The molecule has 163 valence electrons. The fourth-order valence-electron chi connectivity index (χ4n) is 4.48. The van der Waals surface area contributed by atoms with Gasteiger partial charge in [-0.1, -0.05) is 12.1 Å². The molecule has 1 radical (unpaired) electrons. The zero-order valence-electron chi connectivity index (χ0n) is 18.8. The fourth-order valence-corrected chi connectivity index (χ4v) is 5.18. The molecule has 33 heavy (non-hydrogen) atoms. The maximum atomic E-state index is 9.98. The number of nitriles is 1. The molecular formula is C25H23BN5OS. The van der Waals surface area contributed by atoms with Crippen molar-refractivity contribution in [3.8, 4) is 22.9 Å². The minimum atomic E-state index is 0.605. The number of hydrogen-bond acceptors (Lipinski definition) is 7. The van der Waals surface area contributed by atoms with Crippen LogP contribution in [0.2, 0.25) is 0 Å². The van der Waals surface area contributed by atoms with Crippen LogP contribution in [0, 0.1) is 18.3 Å². The van der Waals surface area contributed by atoms with Gasteiger partial charge in [0.2, 0.25) is 0 Å². The Kier molecular flexibility index (Phi) is 5.84. The third-order valence-corrected chi connectivity index (χ3v) is 6.95. The zero-order chi connectivity index (χ0) is 22.9. The summed E-state index contributed by atoms with van der Waals surface area (Å²) < 4.78 is 5.65. The number of nitrogens with zero attached hydrogens (tertiary/aromatic N) is 4. The van der Waals surface area contributed by atoms with Gasteiger partial charge < -0.3 is 15.0 Å². The lowest BCUT2D eigenvalue weighted by Crippen LogP contribution is -2.27. The molecule has 0 aliphatic carbocycles. The van der Waals surface area contributed by atoms with E-state index in [0.29, 0.717) is 5.56 Å². The number of aromatic nitrogens is 1. The molecule has 2 aliphatic rings. The molecule has 0 unspecified atom stereocenters. The van der Waals surface area contributed by atoms with Crippen molar-refractivity contribution in [3.63, 3.8) is 0 Å². The molecule has 3 heterocycles. The van der Waals surface area contributed by atoms with Crippen molar-refractivity contribution in [2.24, 2.45) is 5.10 Å². The first-order chi connectivity index (χ1) is 16.1. The number of hydrogen-bond donors (Lipinski definition) is 1. The molecule has 5 rings (SSSR count). The van der Waals surface area contributed by atoms with Gasteiger partial charge in [0.25, 0.3) is 0 Å². The smallest absolute Gasteiger partial charge is 0.347 e. The van der Waals surface area contributed by atoms with Crippen molar-refractivity contribution in [1.29, 1.82) is 5.26 Å². The van der Waals surface area contributed by atoms with Gasteiger partial charge in [-0.3, -0.25) is 4.98 Å². The topological polar surface area (TPSA) is 73.5 Å². The van der Waals surface area contributed by atoms with E-state index in [9.17, 15) is 5.26 Å². The van der Waals surface area contributed by atoms with E-state index in [1.54, 1.807) is 7.11 Å². The summed E-state index contributed by atoms with van der Waals surface area (Å²) in [5.74, 6) is 0.745. The molecule has 2 aromatic carbocycles. The predicted molar refractivity (Wildman–Crippen MR) is 133 cm³/mol. The van der Waals surface area contributed by atoms with Gasteiger partial charge >= 0.3 is 6.69 Å². The van der Waals surface area contributed by atoms with Crippen LogP contribution in [0.4, 0.5) is 0 Å². The number of hydrazone groups is 1. The molecule has 1 aromatic heterocycles. The minimum absolute atomic E-state index is 0.605. The summed E-state index contributed by atoms with van der Waals surface area (Å²) in [5.41, 5.74) is 8.55. The van der Waals surface area contributed by atoms with Crippen molar-refractivity contribution in [3.05, 3.63) is 76.1 Å². The van der Waals surface area contributed by atoms with Crippen LogP contribution >= 0.6 is 11.6 Å². The Bertz CT molecular complexity index is 1320. The fraction of sp³-hybridized carbons (Fsp3) is 0.240. The van der Waals surface area contributed by atoms with Gasteiger partial charge in [0.05, 0.1) is 24.5 Å². The summed E-state index contributed by atoms with van der Waals surface area (Å²) in [6.45, 7) is 5.77. The molecular weight excluding hydrogens is 429 g/mol. The lowest BCUT2D eigenvalue weighted by molar-refractivity contribution is 0.310. The Morgan fingerprint density at radius 2 is 2.12 bits per heavy atom. The Balaban J connectivity index is 1.69. The van der Waals surface area contributed by atoms with Gasteiger partial charge in [0, 0.05) is 58.6 Å². The molecule has 3 aromatic rings. The van der Waals surface area contributed by atoms with Crippen LogP contribution in [-0.2, 0) is 13.0 Å². The maximum absolute atomic E-state index is 9.98. The van der Waals surface area contributed by atoms with Crippen LogP contribution in [0.1, 0.15) is 33.5 Å². The number of benzene rings is 2. The van der Waals surface area contributed by atoms with Gasteiger partial charge in [-0.25, -0.2) is 0 Å². The van der Waals surface area contributed by atoms with Crippen LogP contribution in [0.5, 0.6) is 5.75 Å². The average Bonchev–Trinajstić information content (AvgIpc) is 3.04. The number of pyridine rings is 1. The van der Waals surface area contributed by atoms with Crippen LogP contribution in [0.3, 0.4) is 0 Å². The van der Waals surface area contributed by atoms with Gasteiger partial charge in [0.1, 0.15) is 5.75 Å². The number of aryl methyl sites for hydroxylation is 1. The van der Waals surface area contributed by atoms with Crippen molar-refractivity contribution >= 4 is 24.0 Å². The summed E-state index contributed by atoms with van der Waals surface area (Å²) >= 11 is 1.52. The van der Waals surface area contributed by atoms with Crippen molar-refractivity contribution in [1.82, 2.24) is 15.2 Å². The minimum Gasteiger partial charge on any atom is -0.496 e. The molecule has 0 saturated heterocycles. The number of nitrogens with one attached hydrogen (secondary N) is 1. The lowest BCUT2D eigenvalue weighted by Gasteiger charge is -2.24. The number of likely N-dealkylation sites (N-methyl/N-ethyl adjacent to an activating group) is 1. The largest absolute Gasteiger partial charge is 0.496 e. The Labute approximate surface area is 198 Å². The number of methoxy groups -OCH3 is 1. The van der Waals surface area contributed by atoms with Gasteiger partial charge in [-0.15, -0.1) is 0 Å². The highest BCUT2D eigenvalue weighted by Crippen LogP contribution is 2.39. The molecule has 1 N–H and O–H groups in total. The summed E-state index contributed by atoms with van der Waals surface area (Å²) in [7, 11) is 3.79. The Hall–Kier alpha value is -3.28. The van der Waals surface area contributed by atoms with E-state index in [2.05, 4.69) is 40.6 Å². The standard InChI is InChI=1S/C25H23BN5OS/c1-15-5-4-6-22(32-3)24(15)19-11-20-23(10-16(19)12-27)33-26-30-29-25(20)17-9-18-14-31(2)8-7-21(18)28-13-17/h4-6,9-11,13,30H,7-8,14H2,1-3H3. The summed E-state index contributed by atoms with van der Waals surface area (Å²) in [6.07, 6.45) is 2.87.